The average molecular weight is 419 g/mol. The molecule has 1 heterocycles. The van der Waals surface area contributed by atoms with Crippen molar-refractivity contribution in [3.05, 3.63) is 27.2 Å². The maximum absolute atomic E-state index is 13.0. The van der Waals surface area contributed by atoms with E-state index < -0.39 is 23.7 Å². The number of fused-ring (bicyclic) bond motifs is 1. The van der Waals surface area contributed by atoms with Crippen LogP contribution in [0.5, 0.6) is 0 Å². The van der Waals surface area contributed by atoms with Crippen LogP contribution in [-0.4, -0.2) is 22.9 Å². The van der Waals surface area contributed by atoms with Gasteiger partial charge in [-0.3, -0.25) is 14.4 Å². The van der Waals surface area contributed by atoms with Gasteiger partial charge in [-0.1, -0.05) is 30.9 Å². The first kappa shape index (κ1) is 21.6. The quantitative estimate of drug-likeness (QED) is 0.603. The van der Waals surface area contributed by atoms with Gasteiger partial charge >= 0.3 is 5.97 Å². The van der Waals surface area contributed by atoms with E-state index in [1.807, 2.05) is 13.8 Å². The van der Waals surface area contributed by atoms with Crippen LogP contribution in [0.25, 0.3) is 0 Å². The first-order valence-corrected chi connectivity index (χ1v) is 11.2. The second-order valence-electron chi connectivity index (χ2n) is 8.48. The minimum absolute atomic E-state index is 0.338. The Labute approximate surface area is 175 Å². The molecule has 3 rings (SSSR count). The van der Waals surface area contributed by atoms with Crippen molar-refractivity contribution in [2.45, 2.75) is 65.7 Å². The Hall–Kier alpha value is -2.15. The molecule has 29 heavy (non-hydrogen) atoms. The van der Waals surface area contributed by atoms with Crippen molar-refractivity contribution in [2.75, 3.05) is 5.32 Å². The van der Waals surface area contributed by atoms with Crippen LogP contribution in [0, 0.1) is 17.8 Å². The van der Waals surface area contributed by atoms with Gasteiger partial charge in [-0.2, -0.15) is 0 Å². The minimum atomic E-state index is -0.958. The van der Waals surface area contributed by atoms with Crippen LogP contribution < -0.4 is 11.1 Å². The van der Waals surface area contributed by atoms with Crippen molar-refractivity contribution in [3.63, 3.8) is 0 Å². The number of amides is 2. The molecule has 2 aliphatic rings. The minimum Gasteiger partial charge on any atom is -0.481 e. The number of carbonyl (C=O) groups is 3. The molecule has 2 aliphatic carbocycles. The number of carboxylic acid groups (broad SMARTS) is 1. The number of hydrogen-bond donors (Lipinski definition) is 3. The summed E-state index contributed by atoms with van der Waals surface area (Å²) in [5.74, 6) is -2.63. The van der Waals surface area contributed by atoms with E-state index in [1.54, 1.807) is 0 Å². The van der Waals surface area contributed by atoms with Crippen LogP contribution >= 0.6 is 11.3 Å². The lowest BCUT2D eigenvalue weighted by Gasteiger charge is -2.29. The highest BCUT2D eigenvalue weighted by atomic mass is 32.1. The molecule has 0 bridgehead atoms. The molecule has 7 heteroatoms. The van der Waals surface area contributed by atoms with Gasteiger partial charge < -0.3 is 16.2 Å². The third kappa shape index (κ3) is 4.39. The first-order chi connectivity index (χ1) is 13.7. The topological polar surface area (TPSA) is 109 Å². The Balaban J connectivity index is 1.87. The van der Waals surface area contributed by atoms with Crippen molar-refractivity contribution in [3.8, 4) is 0 Å². The largest absolute Gasteiger partial charge is 0.481 e. The summed E-state index contributed by atoms with van der Waals surface area (Å²) in [7, 11) is 0. The van der Waals surface area contributed by atoms with Crippen LogP contribution in [0.3, 0.4) is 0 Å². The third-order valence-electron chi connectivity index (χ3n) is 6.47. The van der Waals surface area contributed by atoms with Crippen molar-refractivity contribution in [2.24, 2.45) is 23.5 Å². The zero-order valence-corrected chi connectivity index (χ0v) is 18.2. The van der Waals surface area contributed by atoms with Gasteiger partial charge in [0.2, 0.25) is 5.91 Å². The first-order valence-electron chi connectivity index (χ1n) is 10.4. The zero-order chi connectivity index (χ0) is 21.3. The molecule has 0 saturated carbocycles. The van der Waals surface area contributed by atoms with Crippen molar-refractivity contribution in [1.82, 2.24) is 0 Å². The molecule has 0 radical (unpaired) electrons. The maximum Gasteiger partial charge on any atom is 0.307 e. The normalized spacial score (nSPS) is 24.2. The Morgan fingerprint density at radius 3 is 2.38 bits per heavy atom. The Morgan fingerprint density at radius 1 is 1.14 bits per heavy atom. The summed E-state index contributed by atoms with van der Waals surface area (Å²) in [6.07, 6.45) is 5.81. The van der Waals surface area contributed by atoms with Gasteiger partial charge in [-0.25, -0.2) is 0 Å². The van der Waals surface area contributed by atoms with E-state index in [2.05, 4.69) is 12.2 Å². The summed E-state index contributed by atoms with van der Waals surface area (Å²) in [6, 6.07) is 0. The highest BCUT2D eigenvalue weighted by Gasteiger charge is 2.38. The van der Waals surface area contributed by atoms with Gasteiger partial charge in [0.05, 0.1) is 17.4 Å². The average Bonchev–Trinajstić information content (AvgIpc) is 3.00. The lowest BCUT2D eigenvalue weighted by atomic mass is 9.76. The molecular formula is C22H30N2O4S. The molecule has 6 nitrogen and oxygen atoms in total. The molecule has 1 aromatic rings. The molecule has 0 aliphatic heterocycles. The summed E-state index contributed by atoms with van der Waals surface area (Å²) < 4.78 is 0. The van der Waals surface area contributed by atoms with Crippen LogP contribution in [-0.2, 0) is 22.4 Å². The van der Waals surface area contributed by atoms with Gasteiger partial charge in [0.1, 0.15) is 5.00 Å². The van der Waals surface area contributed by atoms with Crippen LogP contribution in [0.15, 0.2) is 11.1 Å². The number of nitrogens with one attached hydrogen (secondary N) is 1. The molecule has 3 atom stereocenters. The summed E-state index contributed by atoms with van der Waals surface area (Å²) in [5, 5.41) is 13.0. The van der Waals surface area contributed by atoms with Crippen molar-refractivity contribution < 1.29 is 19.5 Å². The van der Waals surface area contributed by atoms with E-state index >= 15 is 0 Å². The second-order valence-corrected chi connectivity index (χ2v) is 9.58. The number of carboxylic acids is 1. The number of thiophene rings is 1. The predicted octanol–water partition coefficient (Wildman–Crippen LogP) is 4.14. The van der Waals surface area contributed by atoms with Gasteiger partial charge in [0, 0.05) is 4.88 Å². The van der Waals surface area contributed by atoms with Gasteiger partial charge in [0.25, 0.3) is 5.91 Å². The summed E-state index contributed by atoms with van der Waals surface area (Å²) in [4.78, 5) is 38.1. The molecule has 0 fully saturated rings. The maximum atomic E-state index is 13.0. The van der Waals surface area contributed by atoms with E-state index in [1.165, 1.54) is 11.3 Å². The summed E-state index contributed by atoms with van der Waals surface area (Å²) in [6.45, 7) is 6.04. The molecule has 4 N–H and O–H groups in total. The SMILES string of the molecule is CCC[C@@H]1CCc2c(sc(NC(=O)[C@H]3CC(C)=C(C)C[C@@H]3C(=O)O)c2C(N)=O)C1. The molecular weight excluding hydrogens is 388 g/mol. The molecule has 0 saturated heterocycles. The standard InChI is InChI=1S/C22H30N2O4S/c1-4-5-13-6-7-14-17(10-13)29-21(18(14)19(23)25)24-20(26)15-8-11(2)12(3)9-16(15)22(27)28/h13,15-16H,4-10H2,1-3H3,(H2,23,25)(H,24,26)(H,27,28)/t13-,15+,16+/m1/s1. The number of carbonyl (C=O) groups excluding carboxylic acids is 2. The van der Waals surface area contributed by atoms with E-state index in [0.717, 1.165) is 53.7 Å². The highest BCUT2D eigenvalue weighted by Crippen LogP contribution is 2.42. The molecule has 0 aromatic carbocycles. The van der Waals surface area contributed by atoms with Gasteiger partial charge in [-0.05, 0) is 57.4 Å². The number of primary amides is 1. The number of nitrogens with two attached hydrogens (primary N) is 1. The lowest BCUT2D eigenvalue weighted by molar-refractivity contribution is -0.146. The second kappa shape index (κ2) is 8.69. The molecule has 0 spiro atoms. The number of hydrogen-bond acceptors (Lipinski definition) is 4. The van der Waals surface area contributed by atoms with Crippen LogP contribution in [0.2, 0.25) is 0 Å². The smallest absolute Gasteiger partial charge is 0.307 e. The Bertz CT molecular complexity index is 870. The van der Waals surface area contributed by atoms with E-state index in [9.17, 15) is 19.5 Å². The van der Waals surface area contributed by atoms with Crippen molar-refractivity contribution in [1.29, 1.82) is 0 Å². The molecule has 1 aromatic heterocycles. The van der Waals surface area contributed by atoms with Crippen molar-refractivity contribution >= 4 is 34.1 Å². The van der Waals surface area contributed by atoms with Gasteiger partial charge in [0.15, 0.2) is 0 Å². The summed E-state index contributed by atoms with van der Waals surface area (Å²) >= 11 is 1.43. The van der Waals surface area contributed by atoms with Crippen LogP contribution in [0.1, 0.15) is 73.7 Å². The number of aliphatic carboxylic acids is 1. The Kier molecular flexibility index (Phi) is 6.46. The van der Waals surface area contributed by atoms with E-state index in [-0.39, 0.29) is 5.91 Å². The zero-order valence-electron chi connectivity index (χ0n) is 17.3. The fourth-order valence-corrected chi connectivity index (χ4v) is 6.06. The number of rotatable bonds is 6. The number of anilines is 1. The van der Waals surface area contributed by atoms with Gasteiger partial charge in [-0.15, -0.1) is 11.3 Å². The monoisotopic (exact) mass is 418 g/mol. The molecule has 2 amide bonds. The summed E-state index contributed by atoms with van der Waals surface area (Å²) in [5.41, 5.74) is 9.14. The third-order valence-corrected chi connectivity index (χ3v) is 7.64. The highest BCUT2D eigenvalue weighted by molar-refractivity contribution is 7.17. The Morgan fingerprint density at radius 2 is 1.79 bits per heavy atom. The fourth-order valence-electron chi connectivity index (χ4n) is 4.69. The van der Waals surface area contributed by atoms with E-state index in [0.29, 0.717) is 29.3 Å². The fraction of sp³-hybridized carbons (Fsp3) is 0.591. The lowest BCUT2D eigenvalue weighted by Crippen LogP contribution is -2.36. The molecule has 158 valence electrons. The molecule has 0 unspecified atom stereocenters. The number of allylic oxidation sites excluding steroid dienone is 2. The predicted molar refractivity (Wildman–Crippen MR) is 114 cm³/mol. The van der Waals surface area contributed by atoms with E-state index in [4.69, 9.17) is 5.73 Å². The van der Waals surface area contributed by atoms with Crippen LogP contribution in [0.4, 0.5) is 5.00 Å².